The Kier molecular flexibility index (Phi) is 6.67. The lowest BCUT2D eigenvalue weighted by Gasteiger charge is -2.13. The number of ether oxygens (including phenoxy) is 2. The van der Waals surface area contributed by atoms with E-state index in [0.29, 0.717) is 32.8 Å². The molecule has 0 bridgehead atoms. The average Bonchev–Trinajstić information content (AvgIpc) is 2.61. The highest BCUT2D eigenvalue weighted by atomic mass is 35.5. The molecule has 0 saturated carbocycles. The summed E-state index contributed by atoms with van der Waals surface area (Å²) in [5.74, 6) is 0.283. The Labute approximate surface area is 155 Å². The number of benzene rings is 2. The van der Waals surface area contributed by atoms with Gasteiger partial charge in [-0.2, -0.15) is 0 Å². The first-order valence-corrected chi connectivity index (χ1v) is 8.21. The first-order valence-electron chi connectivity index (χ1n) is 7.45. The van der Waals surface area contributed by atoms with E-state index >= 15 is 0 Å². The van der Waals surface area contributed by atoms with Crippen LogP contribution in [0.5, 0.6) is 11.5 Å². The van der Waals surface area contributed by atoms with E-state index in [2.05, 4.69) is 5.32 Å². The van der Waals surface area contributed by atoms with Gasteiger partial charge in [-0.1, -0.05) is 35.3 Å². The van der Waals surface area contributed by atoms with Crippen LogP contribution in [-0.4, -0.2) is 25.9 Å². The molecular weight excluding hydrogens is 365 g/mol. The van der Waals surface area contributed by atoms with Crippen molar-refractivity contribution in [2.45, 2.75) is 12.8 Å². The summed E-state index contributed by atoms with van der Waals surface area (Å²) in [6, 6.07) is 9.85. The van der Waals surface area contributed by atoms with E-state index in [1.54, 1.807) is 36.4 Å². The zero-order valence-electron chi connectivity index (χ0n) is 13.8. The Balaban J connectivity index is 2.03. The van der Waals surface area contributed by atoms with Crippen LogP contribution in [0.4, 0.5) is 5.69 Å². The van der Waals surface area contributed by atoms with Gasteiger partial charge >= 0.3 is 0 Å². The average molecular weight is 382 g/mol. The summed E-state index contributed by atoms with van der Waals surface area (Å²) in [7, 11) is 2.94. The summed E-state index contributed by atoms with van der Waals surface area (Å²) >= 11 is 12.0. The molecule has 0 aliphatic heterocycles. The number of Topliss-reactive ketones (excluding diaryl/α,β-unsaturated/α-hetero) is 1. The van der Waals surface area contributed by atoms with Crippen LogP contribution in [0.25, 0.3) is 0 Å². The maximum atomic E-state index is 12.2. The van der Waals surface area contributed by atoms with E-state index in [0.717, 1.165) is 0 Å². The molecule has 0 aliphatic carbocycles. The quantitative estimate of drug-likeness (QED) is 0.711. The van der Waals surface area contributed by atoms with Crippen LogP contribution in [-0.2, 0) is 4.79 Å². The normalized spacial score (nSPS) is 10.2. The lowest BCUT2D eigenvalue weighted by atomic mass is 10.1. The topological polar surface area (TPSA) is 64.6 Å². The maximum Gasteiger partial charge on any atom is 0.224 e. The van der Waals surface area contributed by atoms with Crippen LogP contribution in [0.2, 0.25) is 10.0 Å². The third-order valence-corrected chi connectivity index (χ3v) is 4.13. The molecule has 0 aromatic heterocycles. The van der Waals surface area contributed by atoms with Gasteiger partial charge in [0.1, 0.15) is 11.5 Å². The van der Waals surface area contributed by atoms with Gasteiger partial charge in [-0.05, 0) is 12.1 Å². The molecule has 25 heavy (non-hydrogen) atoms. The zero-order valence-corrected chi connectivity index (χ0v) is 15.3. The van der Waals surface area contributed by atoms with E-state index in [1.807, 2.05) is 0 Å². The number of methoxy groups -OCH3 is 2. The van der Waals surface area contributed by atoms with Crippen molar-refractivity contribution >= 4 is 40.6 Å². The van der Waals surface area contributed by atoms with Gasteiger partial charge in [0.2, 0.25) is 5.91 Å². The Morgan fingerprint density at radius 3 is 2.28 bits per heavy atom. The highest BCUT2D eigenvalue weighted by Gasteiger charge is 2.15. The number of carbonyl (C=O) groups is 2. The molecule has 5 nitrogen and oxygen atoms in total. The highest BCUT2D eigenvalue weighted by molar-refractivity contribution is 6.34. The summed E-state index contributed by atoms with van der Waals surface area (Å²) in [6.07, 6.45) is 0.0563. The number of hydrogen-bond donors (Lipinski definition) is 1. The van der Waals surface area contributed by atoms with Crippen molar-refractivity contribution in [3.63, 3.8) is 0 Å². The van der Waals surface area contributed by atoms with Gasteiger partial charge in [0.05, 0.1) is 30.0 Å². The van der Waals surface area contributed by atoms with Crippen LogP contribution in [0.3, 0.4) is 0 Å². The van der Waals surface area contributed by atoms with E-state index in [1.165, 1.54) is 14.2 Å². The predicted molar refractivity (Wildman–Crippen MR) is 98.2 cm³/mol. The van der Waals surface area contributed by atoms with Crippen LogP contribution in [0.15, 0.2) is 36.4 Å². The summed E-state index contributed by atoms with van der Waals surface area (Å²) in [6.45, 7) is 0. The maximum absolute atomic E-state index is 12.2. The van der Waals surface area contributed by atoms with Crippen LogP contribution >= 0.6 is 23.2 Å². The van der Waals surface area contributed by atoms with Gasteiger partial charge in [-0.25, -0.2) is 0 Å². The molecule has 2 aromatic rings. The number of rotatable bonds is 7. The summed E-state index contributed by atoms with van der Waals surface area (Å²) in [5, 5.41) is 3.44. The zero-order chi connectivity index (χ0) is 18.4. The molecule has 7 heteroatoms. The summed E-state index contributed by atoms with van der Waals surface area (Å²) < 4.78 is 10.3. The van der Waals surface area contributed by atoms with Crippen molar-refractivity contribution in [2.75, 3.05) is 19.5 Å². The molecule has 0 aliphatic rings. The minimum absolute atomic E-state index is 0.0121. The molecule has 0 spiro atoms. The Morgan fingerprint density at radius 2 is 1.64 bits per heavy atom. The molecule has 0 saturated heterocycles. The molecule has 1 N–H and O–H groups in total. The molecule has 2 rings (SSSR count). The molecule has 0 unspecified atom stereocenters. The number of halogens is 2. The second-order valence-electron chi connectivity index (χ2n) is 5.14. The van der Waals surface area contributed by atoms with Crippen LogP contribution < -0.4 is 14.8 Å². The lowest BCUT2D eigenvalue weighted by molar-refractivity contribution is -0.116. The fourth-order valence-electron chi connectivity index (χ4n) is 2.22. The second-order valence-corrected chi connectivity index (χ2v) is 5.95. The third kappa shape index (κ3) is 4.87. The van der Waals surface area contributed by atoms with Gasteiger partial charge < -0.3 is 14.8 Å². The second kappa shape index (κ2) is 8.74. The first kappa shape index (κ1) is 19.1. The van der Waals surface area contributed by atoms with E-state index < -0.39 is 0 Å². The smallest absolute Gasteiger partial charge is 0.224 e. The van der Waals surface area contributed by atoms with Gasteiger partial charge in [0.25, 0.3) is 0 Å². The van der Waals surface area contributed by atoms with Gasteiger partial charge in [-0.3, -0.25) is 9.59 Å². The van der Waals surface area contributed by atoms with Crippen molar-refractivity contribution < 1.29 is 19.1 Å². The fraction of sp³-hybridized carbons (Fsp3) is 0.222. The molecule has 0 radical (unpaired) electrons. The minimum Gasteiger partial charge on any atom is -0.495 e. The number of ketones is 1. The standard InChI is InChI=1S/C18H17Cl2NO4/c1-24-16-10-14(17(25-2)9-13(16)20)21-18(23)8-7-15(22)11-5-3-4-6-12(11)19/h3-6,9-10H,7-8H2,1-2H3,(H,21,23). The van der Waals surface area contributed by atoms with E-state index in [4.69, 9.17) is 32.7 Å². The Bertz CT molecular complexity index is 793. The Morgan fingerprint density at radius 1 is 0.960 bits per heavy atom. The molecule has 0 fully saturated rings. The van der Waals surface area contributed by atoms with E-state index in [-0.39, 0.29) is 24.5 Å². The predicted octanol–water partition coefficient (Wildman–Crippen LogP) is 4.61. The molecule has 132 valence electrons. The third-order valence-electron chi connectivity index (χ3n) is 3.50. The van der Waals surface area contributed by atoms with Crippen molar-refractivity contribution in [2.24, 2.45) is 0 Å². The van der Waals surface area contributed by atoms with Gasteiger partial charge in [0, 0.05) is 30.5 Å². The number of anilines is 1. The minimum atomic E-state index is -0.330. The molecule has 0 heterocycles. The number of carbonyl (C=O) groups excluding carboxylic acids is 2. The first-order chi connectivity index (χ1) is 12.0. The van der Waals surface area contributed by atoms with Crippen molar-refractivity contribution in [1.29, 1.82) is 0 Å². The number of hydrogen-bond acceptors (Lipinski definition) is 4. The van der Waals surface area contributed by atoms with Crippen molar-refractivity contribution in [3.05, 3.63) is 52.0 Å². The summed E-state index contributed by atoms with van der Waals surface area (Å²) in [5.41, 5.74) is 0.821. The van der Waals surface area contributed by atoms with Crippen LogP contribution in [0, 0.1) is 0 Å². The summed E-state index contributed by atoms with van der Waals surface area (Å²) in [4.78, 5) is 24.3. The monoisotopic (exact) mass is 381 g/mol. The highest BCUT2D eigenvalue weighted by Crippen LogP contribution is 2.35. The fourth-order valence-corrected chi connectivity index (χ4v) is 2.69. The number of nitrogens with one attached hydrogen (secondary N) is 1. The Hall–Kier alpha value is -2.24. The molecule has 1 amide bonds. The largest absolute Gasteiger partial charge is 0.495 e. The lowest BCUT2D eigenvalue weighted by Crippen LogP contribution is -2.14. The van der Waals surface area contributed by atoms with Gasteiger partial charge in [0.15, 0.2) is 5.78 Å². The van der Waals surface area contributed by atoms with Crippen LogP contribution in [0.1, 0.15) is 23.2 Å². The van der Waals surface area contributed by atoms with Gasteiger partial charge in [-0.15, -0.1) is 0 Å². The number of amides is 1. The molecule has 0 atom stereocenters. The molecular formula is C18H17Cl2NO4. The SMILES string of the molecule is COc1cc(NC(=O)CCC(=O)c2ccccc2Cl)c(OC)cc1Cl. The van der Waals surface area contributed by atoms with E-state index in [9.17, 15) is 9.59 Å². The van der Waals surface area contributed by atoms with Crippen molar-refractivity contribution in [3.8, 4) is 11.5 Å². The van der Waals surface area contributed by atoms with Crippen molar-refractivity contribution in [1.82, 2.24) is 0 Å². The molecule has 2 aromatic carbocycles.